The number of hydrogen-bond acceptors (Lipinski definition) is 4. The van der Waals surface area contributed by atoms with Gasteiger partial charge in [0.25, 0.3) is 5.91 Å². The minimum Gasteiger partial charge on any atom is -0.493 e. The predicted molar refractivity (Wildman–Crippen MR) is 96.2 cm³/mol. The number of halogens is 3. The zero-order chi connectivity index (χ0) is 19.4. The van der Waals surface area contributed by atoms with E-state index < -0.39 is 12.5 Å². The second kappa shape index (κ2) is 8.05. The average molecular weight is 394 g/mol. The maximum Gasteiger partial charge on any atom is 0.387 e. The van der Waals surface area contributed by atoms with Gasteiger partial charge in [-0.05, 0) is 30.3 Å². The Morgan fingerprint density at radius 2 is 2.04 bits per heavy atom. The van der Waals surface area contributed by atoms with Crippen molar-refractivity contribution in [3.8, 4) is 17.2 Å². The fourth-order valence-corrected chi connectivity index (χ4v) is 2.53. The molecule has 2 aromatic carbocycles. The molecule has 140 valence electrons. The molecule has 9 heteroatoms. The van der Waals surface area contributed by atoms with E-state index in [4.69, 9.17) is 16.3 Å². The Balaban J connectivity index is 1.78. The standard InChI is InChI=1S/C18H14ClF2N3O3/c1-26-15-6-5-13(8-16(15)27-18(20)21)23-17(25)11-9-22-24(10-11)14-4-2-3-12(19)7-14/h2-10,18H,1H3,(H,23,25). The lowest BCUT2D eigenvalue weighted by Crippen LogP contribution is -2.11. The number of nitrogens with one attached hydrogen (secondary N) is 1. The Hall–Kier alpha value is -3.13. The van der Waals surface area contributed by atoms with E-state index in [0.29, 0.717) is 10.7 Å². The number of alkyl halides is 2. The quantitative estimate of drug-likeness (QED) is 0.674. The maximum absolute atomic E-state index is 12.5. The van der Waals surface area contributed by atoms with E-state index in [0.717, 1.165) is 0 Å². The van der Waals surface area contributed by atoms with Gasteiger partial charge < -0.3 is 14.8 Å². The number of carbonyl (C=O) groups is 1. The van der Waals surface area contributed by atoms with Crippen LogP contribution in [0.5, 0.6) is 11.5 Å². The third kappa shape index (κ3) is 4.53. The first-order valence-corrected chi connectivity index (χ1v) is 8.09. The molecule has 0 aliphatic carbocycles. The highest BCUT2D eigenvalue weighted by Gasteiger charge is 2.14. The normalized spacial score (nSPS) is 10.7. The molecule has 3 aromatic rings. The number of methoxy groups -OCH3 is 1. The molecule has 0 atom stereocenters. The number of hydrogen-bond donors (Lipinski definition) is 1. The van der Waals surface area contributed by atoms with Gasteiger partial charge >= 0.3 is 6.61 Å². The molecular weight excluding hydrogens is 380 g/mol. The molecule has 1 amide bonds. The van der Waals surface area contributed by atoms with Gasteiger partial charge in [-0.3, -0.25) is 4.79 Å². The van der Waals surface area contributed by atoms with Crippen molar-refractivity contribution in [3.63, 3.8) is 0 Å². The van der Waals surface area contributed by atoms with Gasteiger partial charge in [0.2, 0.25) is 0 Å². The molecule has 0 saturated carbocycles. The van der Waals surface area contributed by atoms with Crippen LogP contribution >= 0.6 is 11.6 Å². The van der Waals surface area contributed by atoms with Gasteiger partial charge in [0, 0.05) is 23.0 Å². The second-order valence-corrected chi connectivity index (χ2v) is 5.79. The largest absolute Gasteiger partial charge is 0.493 e. The second-order valence-electron chi connectivity index (χ2n) is 5.35. The first kappa shape index (κ1) is 18.7. The van der Waals surface area contributed by atoms with Crippen LogP contribution in [0.4, 0.5) is 14.5 Å². The number of nitrogens with zero attached hydrogens (tertiary/aromatic N) is 2. The summed E-state index contributed by atoms with van der Waals surface area (Å²) in [6, 6.07) is 11.2. The van der Waals surface area contributed by atoms with Crippen LogP contribution in [0, 0.1) is 0 Å². The zero-order valence-electron chi connectivity index (χ0n) is 14.0. The minimum absolute atomic E-state index is 0.127. The summed E-state index contributed by atoms with van der Waals surface area (Å²) in [5.74, 6) is -0.515. The Morgan fingerprint density at radius 1 is 1.22 bits per heavy atom. The molecule has 0 aliphatic rings. The highest BCUT2D eigenvalue weighted by molar-refractivity contribution is 6.30. The summed E-state index contributed by atoms with van der Waals surface area (Å²) >= 11 is 5.95. The lowest BCUT2D eigenvalue weighted by atomic mass is 10.2. The van der Waals surface area contributed by atoms with Gasteiger partial charge in [0.1, 0.15) is 0 Å². The zero-order valence-corrected chi connectivity index (χ0v) is 14.8. The van der Waals surface area contributed by atoms with Gasteiger partial charge in [-0.15, -0.1) is 0 Å². The molecule has 0 saturated heterocycles. The summed E-state index contributed by atoms with van der Waals surface area (Å²) in [7, 11) is 1.33. The third-order valence-corrected chi connectivity index (χ3v) is 3.79. The maximum atomic E-state index is 12.5. The van der Waals surface area contributed by atoms with Crippen molar-refractivity contribution in [3.05, 3.63) is 65.4 Å². The SMILES string of the molecule is COc1ccc(NC(=O)c2cnn(-c3cccc(Cl)c3)c2)cc1OC(F)F. The Morgan fingerprint density at radius 3 is 2.74 bits per heavy atom. The van der Waals surface area contributed by atoms with Crippen LogP contribution in [0.3, 0.4) is 0 Å². The van der Waals surface area contributed by atoms with Crippen molar-refractivity contribution in [2.75, 3.05) is 12.4 Å². The molecule has 1 heterocycles. The molecule has 0 bridgehead atoms. The summed E-state index contributed by atoms with van der Waals surface area (Å²) in [5, 5.41) is 7.27. The number of aromatic nitrogens is 2. The van der Waals surface area contributed by atoms with E-state index in [1.165, 1.54) is 42.4 Å². The molecular formula is C18H14ClF2N3O3. The number of benzene rings is 2. The van der Waals surface area contributed by atoms with E-state index in [1.54, 1.807) is 24.3 Å². The van der Waals surface area contributed by atoms with Crippen molar-refractivity contribution >= 4 is 23.2 Å². The fraction of sp³-hybridized carbons (Fsp3) is 0.111. The van der Waals surface area contributed by atoms with Gasteiger partial charge in [-0.1, -0.05) is 17.7 Å². The Labute approximate surface area is 158 Å². The van der Waals surface area contributed by atoms with Crippen LogP contribution in [0.25, 0.3) is 5.69 Å². The first-order chi connectivity index (χ1) is 13.0. The molecule has 0 fully saturated rings. The summed E-state index contributed by atoms with van der Waals surface area (Å²) in [4.78, 5) is 12.4. The molecule has 1 aromatic heterocycles. The number of rotatable bonds is 6. The summed E-state index contributed by atoms with van der Waals surface area (Å²) in [6.45, 7) is -3.01. The molecule has 0 spiro atoms. The van der Waals surface area contributed by atoms with Crippen LogP contribution < -0.4 is 14.8 Å². The highest BCUT2D eigenvalue weighted by Crippen LogP contribution is 2.31. The van der Waals surface area contributed by atoms with Crippen LogP contribution in [0.2, 0.25) is 5.02 Å². The Bertz CT molecular complexity index is 963. The topological polar surface area (TPSA) is 65.4 Å². The summed E-state index contributed by atoms with van der Waals surface area (Å²) in [6.07, 6.45) is 2.91. The molecule has 0 unspecified atom stereocenters. The summed E-state index contributed by atoms with van der Waals surface area (Å²) < 4.78 is 35.9. The molecule has 1 N–H and O–H groups in total. The first-order valence-electron chi connectivity index (χ1n) is 7.71. The highest BCUT2D eigenvalue weighted by atomic mass is 35.5. The van der Waals surface area contributed by atoms with E-state index in [-0.39, 0.29) is 22.7 Å². The number of ether oxygens (including phenoxy) is 2. The predicted octanol–water partition coefficient (Wildman–Crippen LogP) is 4.39. The molecule has 3 rings (SSSR count). The van der Waals surface area contributed by atoms with Crippen LogP contribution in [0.15, 0.2) is 54.9 Å². The minimum atomic E-state index is -3.01. The average Bonchev–Trinajstić information content (AvgIpc) is 3.12. The lowest BCUT2D eigenvalue weighted by molar-refractivity contribution is -0.0511. The van der Waals surface area contributed by atoms with Crippen molar-refractivity contribution in [2.24, 2.45) is 0 Å². The molecule has 6 nitrogen and oxygen atoms in total. The number of anilines is 1. The van der Waals surface area contributed by atoms with Gasteiger partial charge in [0.05, 0.1) is 24.6 Å². The smallest absolute Gasteiger partial charge is 0.387 e. The van der Waals surface area contributed by atoms with E-state index in [1.807, 2.05) is 0 Å². The van der Waals surface area contributed by atoms with Gasteiger partial charge in [-0.25, -0.2) is 4.68 Å². The van der Waals surface area contributed by atoms with Gasteiger partial charge in [0.15, 0.2) is 11.5 Å². The third-order valence-electron chi connectivity index (χ3n) is 3.56. The van der Waals surface area contributed by atoms with Crippen LogP contribution in [0.1, 0.15) is 10.4 Å². The van der Waals surface area contributed by atoms with E-state index in [9.17, 15) is 13.6 Å². The molecule has 27 heavy (non-hydrogen) atoms. The van der Waals surface area contributed by atoms with Crippen molar-refractivity contribution < 1.29 is 23.0 Å². The number of carbonyl (C=O) groups excluding carboxylic acids is 1. The summed E-state index contributed by atoms with van der Waals surface area (Å²) in [5.41, 5.74) is 1.24. The lowest BCUT2D eigenvalue weighted by Gasteiger charge is -2.12. The fourth-order valence-electron chi connectivity index (χ4n) is 2.35. The van der Waals surface area contributed by atoms with Crippen LogP contribution in [-0.4, -0.2) is 29.4 Å². The van der Waals surface area contributed by atoms with Gasteiger partial charge in [-0.2, -0.15) is 13.9 Å². The monoisotopic (exact) mass is 393 g/mol. The van der Waals surface area contributed by atoms with Crippen molar-refractivity contribution in [1.82, 2.24) is 9.78 Å². The molecule has 0 radical (unpaired) electrons. The molecule has 0 aliphatic heterocycles. The van der Waals surface area contributed by atoms with Crippen LogP contribution in [-0.2, 0) is 0 Å². The van der Waals surface area contributed by atoms with Crippen molar-refractivity contribution in [2.45, 2.75) is 6.61 Å². The Kier molecular flexibility index (Phi) is 5.56. The van der Waals surface area contributed by atoms with Crippen molar-refractivity contribution in [1.29, 1.82) is 0 Å². The van der Waals surface area contributed by atoms with E-state index in [2.05, 4.69) is 15.2 Å². The van der Waals surface area contributed by atoms with E-state index >= 15 is 0 Å². The number of amides is 1.